The van der Waals surface area contributed by atoms with Crippen LogP contribution >= 0.6 is 0 Å². The fourth-order valence-electron chi connectivity index (χ4n) is 2.13. The van der Waals surface area contributed by atoms with Crippen molar-refractivity contribution in [1.29, 1.82) is 0 Å². The van der Waals surface area contributed by atoms with Crippen LogP contribution in [0.5, 0.6) is 0 Å². The summed E-state index contributed by atoms with van der Waals surface area (Å²) in [4.78, 5) is 4.58. The zero-order valence-corrected chi connectivity index (χ0v) is 12.2. The zero-order chi connectivity index (χ0) is 13.8. The second kappa shape index (κ2) is 5.91. The Balaban J connectivity index is 2.24. The normalized spacial score (nSPS) is 12.7. The summed E-state index contributed by atoms with van der Waals surface area (Å²) in [5.41, 5.74) is 2.35. The van der Waals surface area contributed by atoms with Crippen LogP contribution in [0.15, 0.2) is 36.5 Å². The lowest BCUT2D eigenvalue weighted by Crippen LogP contribution is -2.15. The summed E-state index contributed by atoms with van der Waals surface area (Å²) in [5, 5.41) is 3.44. The van der Waals surface area contributed by atoms with Crippen molar-refractivity contribution in [3.05, 3.63) is 47.8 Å². The van der Waals surface area contributed by atoms with E-state index in [2.05, 4.69) is 66.1 Å². The minimum atomic E-state index is 0.289. The molecular formula is C16H23N3. The van der Waals surface area contributed by atoms with E-state index >= 15 is 0 Å². The highest BCUT2D eigenvalue weighted by molar-refractivity contribution is 5.32. The van der Waals surface area contributed by atoms with Gasteiger partial charge in [0.2, 0.25) is 5.95 Å². The van der Waals surface area contributed by atoms with Gasteiger partial charge in [-0.1, -0.05) is 44.2 Å². The van der Waals surface area contributed by atoms with Crippen LogP contribution in [0.25, 0.3) is 0 Å². The number of hydrogen-bond acceptors (Lipinski definition) is 2. The molecule has 1 heterocycles. The van der Waals surface area contributed by atoms with E-state index in [1.807, 2.05) is 13.0 Å². The van der Waals surface area contributed by atoms with Crippen LogP contribution < -0.4 is 5.32 Å². The van der Waals surface area contributed by atoms with E-state index < -0.39 is 0 Å². The van der Waals surface area contributed by atoms with Crippen LogP contribution in [0.1, 0.15) is 38.1 Å². The molecule has 1 unspecified atom stereocenters. The second-order valence-corrected chi connectivity index (χ2v) is 5.47. The first-order chi connectivity index (χ1) is 9.08. The number of hydrogen-bond donors (Lipinski definition) is 1. The van der Waals surface area contributed by atoms with E-state index in [9.17, 15) is 0 Å². The van der Waals surface area contributed by atoms with E-state index in [4.69, 9.17) is 0 Å². The molecule has 0 aliphatic rings. The topological polar surface area (TPSA) is 29.9 Å². The zero-order valence-electron chi connectivity index (χ0n) is 12.2. The number of anilines is 1. The SMILES string of the molecule is Cc1cn(C(C)c2ccccc2)c(NCC(C)C)n1. The molecule has 1 aromatic carbocycles. The predicted molar refractivity (Wildman–Crippen MR) is 80.5 cm³/mol. The summed E-state index contributed by atoms with van der Waals surface area (Å²) in [6.07, 6.45) is 2.11. The molecule has 1 atom stereocenters. The maximum Gasteiger partial charge on any atom is 0.203 e. The molecule has 3 nitrogen and oxygen atoms in total. The molecule has 1 aromatic heterocycles. The first-order valence-corrected chi connectivity index (χ1v) is 6.92. The van der Waals surface area contributed by atoms with Crippen LogP contribution in [-0.2, 0) is 0 Å². The third-order valence-electron chi connectivity index (χ3n) is 3.22. The number of aryl methyl sites for hydroxylation is 1. The summed E-state index contributed by atoms with van der Waals surface area (Å²) < 4.78 is 2.22. The molecule has 0 saturated carbocycles. The fraction of sp³-hybridized carbons (Fsp3) is 0.438. The van der Waals surface area contributed by atoms with Crippen LogP contribution in [-0.4, -0.2) is 16.1 Å². The van der Waals surface area contributed by atoms with E-state index in [1.54, 1.807) is 0 Å². The molecule has 0 bridgehead atoms. The molecule has 102 valence electrons. The lowest BCUT2D eigenvalue weighted by Gasteiger charge is -2.18. The largest absolute Gasteiger partial charge is 0.355 e. The lowest BCUT2D eigenvalue weighted by molar-refractivity contribution is 0.628. The van der Waals surface area contributed by atoms with E-state index in [1.165, 1.54) is 5.56 Å². The van der Waals surface area contributed by atoms with Crippen LogP contribution in [0.3, 0.4) is 0 Å². The Kier molecular flexibility index (Phi) is 4.25. The van der Waals surface area contributed by atoms with Gasteiger partial charge in [-0.2, -0.15) is 0 Å². The van der Waals surface area contributed by atoms with E-state index in [-0.39, 0.29) is 6.04 Å². The van der Waals surface area contributed by atoms with Gasteiger partial charge in [-0.05, 0) is 25.3 Å². The molecule has 0 radical (unpaired) electrons. The van der Waals surface area contributed by atoms with Gasteiger partial charge in [-0.3, -0.25) is 0 Å². The number of nitrogens with zero attached hydrogens (tertiary/aromatic N) is 2. The Bertz CT molecular complexity index is 514. The van der Waals surface area contributed by atoms with Crippen molar-refractivity contribution in [3.8, 4) is 0 Å². The number of rotatable bonds is 5. The number of nitrogens with one attached hydrogen (secondary N) is 1. The molecule has 0 fully saturated rings. The smallest absolute Gasteiger partial charge is 0.203 e. The summed E-state index contributed by atoms with van der Waals surface area (Å²) in [5.74, 6) is 1.57. The predicted octanol–water partition coefficient (Wildman–Crippen LogP) is 3.87. The number of imidazole rings is 1. The van der Waals surface area contributed by atoms with Gasteiger partial charge < -0.3 is 9.88 Å². The van der Waals surface area contributed by atoms with Crippen molar-refractivity contribution < 1.29 is 0 Å². The molecule has 2 aromatic rings. The highest BCUT2D eigenvalue weighted by Crippen LogP contribution is 2.22. The third kappa shape index (κ3) is 3.37. The third-order valence-corrected chi connectivity index (χ3v) is 3.22. The van der Waals surface area contributed by atoms with Crippen molar-refractivity contribution in [2.24, 2.45) is 5.92 Å². The average Bonchev–Trinajstić information content (AvgIpc) is 2.78. The maximum absolute atomic E-state index is 4.58. The Morgan fingerprint density at radius 1 is 1.16 bits per heavy atom. The molecule has 0 spiro atoms. The molecule has 2 rings (SSSR count). The summed E-state index contributed by atoms with van der Waals surface area (Å²) in [7, 11) is 0. The van der Waals surface area contributed by atoms with Gasteiger partial charge in [-0.25, -0.2) is 4.98 Å². The van der Waals surface area contributed by atoms with Crippen LogP contribution in [0.2, 0.25) is 0 Å². The molecule has 19 heavy (non-hydrogen) atoms. The Morgan fingerprint density at radius 3 is 2.47 bits per heavy atom. The van der Waals surface area contributed by atoms with Crippen molar-refractivity contribution in [1.82, 2.24) is 9.55 Å². The Morgan fingerprint density at radius 2 is 1.84 bits per heavy atom. The fourth-order valence-corrected chi connectivity index (χ4v) is 2.13. The van der Waals surface area contributed by atoms with Gasteiger partial charge in [0.25, 0.3) is 0 Å². The maximum atomic E-state index is 4.58. The van der Waals surface area contributed by atoms with Crippen LogP contribution in [0.4, 0.5) is 5.95 Å². The van der Waals surface area contributed by atoms with Crippen molar-refractivity contribution in [3.63, 3.8) is 0 Å². The average molecular weight is 257 g/mol. The standard InChI is InChI=1S/C16H23N3/c1-12(2)10-17-16-18-13(3)11-19(16)14(4)15-8-6-5-7-9-15/h5-9,11-12,14H,10H2,1-4H3,(H,17,18). The Labute approximate surface area is 115 Å². The quantitative estimate of drug-likeness (QED) is 0.881. The van der Waals surface area contributed by atoms with Crippen molar-refractivity contribution >= 4 is 5.95 Å². The molecule has 0 aliphatic carbocycles. The minimum absolute atomic E-state index is 0.289. The summed E-state index contributed by atoms with van der Waals surface area (Å²) in [6, 6.07) is 10.8. The molecule has 3 heteroatoms. The van der Waals surface area contributed by atoms with Gasteiger partial charge in [-0.15, -0.1) is 0 Å². The molecular weight excluding hydrogens is 234 g/mol. The first kappa shape index (κ1) is 13.7. The molecule has 0 saturated heterocycles. The van der Waals surface area contributed by atoms with Crippen molar-refractivity contribution in [2.75, 3.05) is 11.9 Å². The van der Waals surface area contributed by atoms with Gasteiger partial charge in [0, 0.05) is 12.7 Å². The number of benzene rings is 1. The van der Waals surface area contributed by atoms with Gasteiger partial charge in [0.05, 0.1) is 11.7 Å². The summed E-state index contributed by atoms with van der Waals surface area (Å²) >= 11 is 0. The van der Waals surface area contributed by atoms with Crippen molar-refractivity contribution in [2.45, 2.75) is 33.7 Å². The van der Waals surface area contributed by atoms with Gasteiger partial charge >= 0.3 is 0 Å². The summed E-state index contributed by atoms with van der Waals surface area (Å²) in [6.45, 7) is 9.59. The number of aromatic nitrogens is 2. The minimum Gasteiger partial charge on any atom is -0.355 e. The van der Waals surface area contributed by atoms with Crippen LogP contribution in [0, 0.1) is 12.8 Å². The monoisotopic (exact) mass is 257 g/mol. The molecule has 0 aliphatic heterocycles. The van der Waals surface area contributed by atoms with Gasteiger partial charge in [0.15, 0.2) is 0 Å². The molecule has 1 N–H and O–H groups in total. The molecule has 0 amide bonds. The first-order valence-electron chi connectivity index (χ1n) is 6.92. The lowest BCUT2D eigenvalue weighted by atomic mass is 10.1. The van der Waals surface area contributed by atoms with E-state index in [0.29, 0.717) is 5.92 Å². The second-order valence-electron chi connectivity index (χ2n) is 5.47. The highest BCUT2D eigenvalue weighted by Gasteiger charge is 2.13. The highest BCUT2D eigenvalue weighted by atomic mass is 15.2. The van der Waals surface area contributed by atoms with E-state index in [0.717, 1.165) is 18.2 Å². The van der Waals surface area contributed by atoms with Gasteiger partial charge in [0.1, 0.15) is 0 Å². The Hall–Kier alpha value is -1.77.